The summed E-state index contributed by atoms with van der Waals surface area (Å²) in [6.07, 6.45) is 3.66. The van der Waals surface area contributed by atoms with Crippen LogP contribution in [-0.4, -0.2) is 59.6 Å². The van der Waals surface area contributed by atoms with Gasteiger partial charge in [-0.15, -0.1) is 0 Å². The molecule has 0 aliphatic carbocycles. The summed E-state index contributed by atoms with van der Waals surface area (Å²) in [6, 6.07) is 2.46. The zero-order valence-corrected chi connectivity index (χ0v) is 12.0. The fourth-order valence-electron chi connectivity index (χ4n) is 2.62. The van der Waals surface area contributed by atoms with Crippen LogP contribution in [0.1, 0.15) is 39.0 Å². The van der Waals surface area contributed by atoms with E-state index in [0.717, 1.165) is 32.4 Å². The van der Waals surface area contributed by atoms with E-state index in [-0.39, 0.29) is 12.0 Å². The van der Waals surface area contributed by atoms with E-state index in [9.17, 15) is 9.90 Å². The van der Waals surface area contributed by atoms with Crippen LogP contribution in [0.4, 0.5) is 0 Å². The van der Waals surface area contributed by atoms with E-state index < -0.39 is 0 Å². The zero-order valence-electron chi connectivity index (χ0n) is 12.0. The number of likely N-dealkylation sites (tertiary alicyclic amines) is 1. The van der Waals surface area contributed by atoms with Crippen LogP contribution >= 0.6 is 0 Å². The maximum absolute atomic E-state index is 11.9. The molecule has 5 heteroatoms. The lowest BCUT2D eigenvalue weighted by Gasteiger charge is -2.26. The first-order valence-corrected chi connectivity index (χ1v) is 7.07. The first-order valence-electron chi connectivity index (χ1n) is 7.07. The Morgan fingerprint density at radius 1 is 1.63 bits per heavy atom. The third-order valence-corrected chi connectivity index (χ3v) is 3.71. The van der Waals surface area contributed by atoms with Crippen LogP contribution in [0.15, 0.2) is 0 Å². The minimum absolute atomic E-state index is 0.0953. The molecule has 1 N–H and O–H groups in total. The van der Waals surface area contributed by atoms with Gasteiger partial charge in [0.25, 0.3) is 0 Å². The van der Waals surface area contributed by atoms with E-state index in [1.807, 2.05) is 13.0 Å². The number of nitrogens with zero attached hydrogens (tertiary/aromatic N) is 3. The largest absolute Gasteiger partial charge is 0.393 e. The number of aliphatic hydroxyl groups excluding tert-OH is 1. The van der Waals surface area contributed by atoms with Crippen LogP contribution in [0, 0.1) is 11.3 Å². The summed E-state index contributed by atoms with van der Waals surface area (Å²) in [5.41, 5.74) is 0. The summed E-state index contributed by atoms with van der Waals surface area (Å²) in [5, 5.41) is 18.0. The summed E-state index contributed by atoms with van der Waals surface area (Å²) < 4.78 is 0. The van der Waals surface area contributed by atoms with Gasteiger partial charge in [-0.05, 0) is 32.7 Å². The normalized spacial score (nSPS) is 21.1. The SMILES string of the molecule is CC(O)CC1CCCN1CCC(=O)N(C)CCC#N. The van der Waals surface area contributed by atoms with E-state index in [1.54, 1.807) is 11.9 Å². The number of rotatable bonds is 7. The molecule has 1 amide bonds. The van der Waals surface area contributed by atoms with Gasteiger partial charge in [-0.25, -0.2) is 0 Å². The van der Waals surface area contributed by atoms with Gasteiger partial charge in [0.2, 0.25) is 5.91 Å². The highest BCUT2D eigenvalue weighted by molar-refractivity contribution is 5.76. The van der Waals surface area contributed by atoms with Gasteiger partial charge in [0, 0.05) is 32.6 Å². The van der Waals surface area contributed by atoms with Crippen molar-refractivity contribution in [1.82, 2.24) is 9.80 Å². The maximum Gasteiger partial charge on any atom is 0.223 e. The van der Waals surface area contributed by atoms with Gasteiger partial charge in [-0.1, -0.05) is 0 Å². The summed E-state index contributed by atoms with van der Waals surface area (Å²) in [4.78, 5) is 15.8. The van der Waals surface area contributed by atoms with Crippen LogP contribution in [0.3, 0.4) is 0 Å². The topological polar surface area (TPSA) is 67.6 Å². The van der Waals surface area contributed by atoms with Gasteiger partial charge in [0.15, 0.2) is 0 Å². The predicted molar refractivity (Wildman–Crippen MR) is 73.4 cm³/mol. The standard InChI is InChI=1S/C14H25N3O2/c1-12(18)11-13-5-3-9-17(13)10-6-14(19)16(2)8-4-7-15/h12-13,18H,3-6,8-11H2,1-2H3. The number of amides is 1. The Kier molecular flexibility index (Phi) is 6.82. The molecule has 1 rings (SSSR count). The average Bonchev–Trinajstić information content (AvgIpc) is 2.79. The second-order valence-electron chi connectivity index (χ2n) is 5.39. The van der Waals surface area contributed by atoms with Gasteiger partial charge < -0.3 is 10.0 Å². The van der Waals surface area contributed by atoms with Crippen molar-refractivity contribution in [1.29, 1.82) is 5.26 Å². The lowest BCUT2D eigenvalue weighted by Crippen LogP contribution is -2.36. The predicted octanol–water partition coefficient (Wildman–Crippen LogP) is 0.984. The van der Waals surface area contributed by atoms with Gasteiger partial charge in [-0.3, -0.25) is 9.69 Å². The van der Waals surface area contributed by atoms with Crippen LogP contribution in [-0.2, 0) is 4.79 Å². The molecular weight excluding hydrogens is 242 g/mol. The van der Waals surface area contributed by atoms with Crippen LogP contribution in [0.5, 0.6) is 0 Å². The maximum atomic E-state index is 11.9. The quantitative estimate of drug-likeness (QED) is 0.747. The molecule has 19 heavy (non-hydrogen) atoms. The van der Waals surface area contributed by atoms with Crippen molar-refractivity contribution in [3.8, 4) is 6.07 Å². The number of nitriles is 1. The minimum Gasteiger partial charge on any atom is -0.393 e. The Bertz CT molecular complexity index is 325. The highest BCUT2D eigenvalue weighted by atomic mass is 16.3. The van der Waals surface area contributed by atoms with Gasteiger partial charge in [0.1, 0.15) is 0 Å². The molecule has 1 aliphatic rings. The molecule has 108 valence electrons. The Morgan fingerprint density at radius 3 is 3.00 bits per heavy atom. The second kappa shape index (κ2) is 8.13. The molecule has 2 atom stereocenters. The monoisotopic (exact) mass is 267 g/mol. The summed E-state index contributed by atoms with van der Waals surface area (Å²) >= 11 is 0. The fraction of sp³-hybridized carbons (Fsp3) is 0.857. The second-order valence-corrected chi connectivity index (χ2v) is 5.39. The van der Waals surface area contributed by atoms with Gasteiger partial charge in [-0.2, -0.15) is 5.26 Å². The number of carbonyl (C=O) groups is 1. The molecule has 0 aromatic rings. The zero-order chi connectivity index (χ0) is 14.3. The molecule has 1 saturated heterocycles. The van der Waals surface area contributed by atoms with Gasteiger partial charge >= 0.3 is 0 Å². The van der Waals surface area contributed by atoms with Crippen molar-refractivity contribution in [3.63, 3.8) is 0 Å². The highest BCUT2D eigenvalue weighted by Crippen LogP contribution is 2.21. The first kappa shape index (κ1) is 15.9. The molecule has 0 bridgehead atoms. The molecular formula is C14H25N3O2. The third-order valence-electron chi connectivity index (χ3n) is 3.71. The van der Waals surface area contributed by atoms with Crippen molar-refractivity contribution in [2.75, 3.05) is 26.7 Å². The lowest BCUT2D eigenvalue weighted by atomic mass is 10.1. The van der Waals surface area contributed by atoms with Gasteiger partial charge in [0.05, 0.1) is 18.6 Å². The van der Waals surface area contributed by atoms with Crippen molar-refractivity contribution in [3.05, 3.63) is 0 Å². The number of aliphatic hydroxyl groups is 1. The average molecular weight is 267 g/mol. The van der Waals surface area contributed by atoms with Crippen LogP contribution < -0.4 is 0 Å². The number of hydrogen-bond donors (Lipinski definition) is 1. The Morgan fingerprint density at radius 2 is 2.37 bits per heavy atom. The van der Waals surface area contributed by atoms with E-state index in [2.05, 4.69) is 4.90 Å². The molecule has 0 spiro atoms. The van der Waals surface area contributed by atoms with Crippen LogP contribution in [0.2, 0.25) is 0 Å². The summed E-state index contributed by atoms with van der Waals surface area (Å²) in [5.74, 6) is 0.0953. The van der Waals surface area contributed by atoms with Crippen molar-refractivity contribution in [2.45, 2.75) is 51.2 Å². The molecule has 1 heterocycles. The molecule has 0 aromatic carbocycles. The van der Waals surface area contributed by atoms with Crippen molar-refractivity contribution in [2.24, 2.45) is 0 Å². The Hall–Kier alpha value is -1.12. The van der Waals surface area contributed by atoms with E-state index >= 15 is 0 Å². The number of hydrogen-bond acceptors (Lipinski definition) is 4. The van der Waals surface area contributed by atoms with E-state index in [1.165, 1.54) is 0 Å². The first-order chi connectivity index (χ1) is 9.04. The smallest absolute Gasteiger partial charge is 0.223 e. The lowest BCUT2D eigenvalue weighted by molar-refractivity contribution is -0.130. The molecule has 0 saturated carbocycles. The number of carbonyl (C=O) groups excluding carboxylic acids is 1. The molecule has 2 unspecified atom stereocenters. The summed E-state index contributed by atoms with van der Waals surface area (Å²) in [7, 11) is 1.75. The molecule has 0 radical (unpaired) electrons. The molecule has 0 aromatic heterocycles. The minimum atomic E-state index is -0.278. The Balaban J connectivity index is 2.31. The van der Waals surface area contributed by atoms with Crippen molar-refractivity contribution >= 4 is 5.91 Å². The molecule has 1 fully saturated rings. The molecule has 1 aliphatic heterocycles. The Labute approximate surface area is 115 Å². The molecule has 5 nitrogen and oxygen atoms in total. The summed E-state index contributed by atoms with van der Waals surface area (Å²) in [6.45, 7) is 4.10. The highest BCUT2D eigenvalue weighted by Gasteiger charge is 2.25. The van der Waals surface area contributed by atoms with Crippen LogP contribution in [0.25, 0.3) is 0 Å². The third kappa shape index (κ3) is 5.58. The van der Waals surface area contributed by atoms with Crippen molar-refractivity contribution < 1.29 is 9.90 Å². The van der Waals surface area contributed by atoms with E-state index in [4.69, 9.17) is 5.26 Å². The fourth-order valence-corrected chi connectivity index (χ4v) is 2.62. The van der Waals surface area contributed by atoms with E-state index in [0.29, 0.717) is 25.4 Å².